The van der Waals surface area contributed by atoms with Crippen molar-refractivity contribution in [1.29, 1.82) is 0 Å². The maximum atomic E-state index is 12.6. The van der Waals surface area contributed by atoms with Crippen LogP contribution in [0.2, 0.25) is 0 Å². The van der Waals surface area contributed by atoms with Crippen LogP contribution in [-0.4, -0.2) is 31.6 Å². The van der Waals surface area contributed by atoms with E-state index in [2.05, 4.69) is 36.8 Å². The SMILES string of the molecule is CCOc1cc(C(=O)NNC(=O)CCc2ccc(C(C)C)cc2)cc(OCC)c1OCC. The topological polar surface area (TPSA) is 85.9 Å². The number of carbonyl (C=O) groups excluding carboxylic acids is 2. The minimum Gasteiger partial charge on any atom is -0.490 e. The van der Waals surface area contributed by atoms with Crippen LogP contribution in [0, 0.1) is 0 Å². The first kappa shape index (κ1) is 25.0. The second kappa shape index (κ2) is 12.6. The fourth-order valence-electron chi connectivity index (χ4n) is 3.11. The molecule has 0 saturated heterocycles. The van der Waals surface area contributed by atoms with E-state index >= 15 is 0 Å². The maximum absolute atomic E-state index is 12.6. The Labute approximate surface area is 190 Å². The Kier molecular flexibility index (Phi) is 9.85. The summed E-state index contributed by atoms with van der Waals surface area (Å²) in [6.07, 6.45) is 0.852. The van der Waals surface area contributed by atoms with Gasteiger partial charge in [-0.25, -0.2) is 0 Å². The van der Waals surface area contributed by atoms with Gasteiger partial charge in [0.05, 0.1) is 19.8 Å². The van der Waals surface area contributed by atoms with Crippen molar-refractivity contribution in [3.8, 4) is 17.2 Å². The van der Waals surface area contributed by atoms with Crippen LogP contribution in [-0.2, 0) is 11.2 Å². The second-order valence-electron chi connectivity index (χ2n) is 7.50. The molecule has 0 atom stereocenters. The van der Waals surface area contributed by atoms with Gasteiger partial charge >= 0.3 is 0 Å². The van der Waals surface area contributed by atoms with E-state index in [0.29, 0.717) is 55.0 Å². The number of ether oxygens (including phenoxy) is 3. The summed E-state index contributed by atoms with van der Waals surface area (Å²) < 4.78 is 16.9. The molecule has 0 aliphatic rings. The summed E-state index contributed by atoms with van der Waals surface area (Å²) in [7, 11) is 0. The van der Waals surface area contributed by atoms with E-state index in [9.17, 15) is 9.59 Å². The highest BCUT2D eigenvalue weighted by Crippen LogP contribution is 2.39. The molecule has 0 bridgehead atoms. The number of benzene rings is 2. The van der Waals surface area contributed by atoms with Crippen LogP contribution in [0.4, 0.5) is 0 Å². The van der Waals surface area contributed by atoms with Gasteiger partial charge in [0.25, 0.3) is 5.91 Å². The molecule has 0 spiro atoms. The van der Waals surface area contributed by atoms with Gasteiger partial charge in [-0.1, -0.05) is 38.1 Å². The zero-order chi connectivity index (χ0) is 23.5. The lowest BCUT2D eigenvalue weighted by Crippen LogP contribution is -2.41. The molecule has 0 aromatic heterocycles. The van der Waals surface area contributed by atoms with Gasteiger partial charge in [-0.2, -0.15) is 0 Å². The van der Waals surface area contributed by atoms with E-state index in [4.69, 9.17) is 14.2 Å². The van der Waals surface area contributed by atoms with E-state index in [-0.39, 0.29) is 12.3 Å². The predicted octanol–water partition coefficient (Wildman–Crippen LogP) is 4.40. The fourth-order valence-corrected chi connectivity index (χ4v) is 3.11. The van der Waals surface area contributed by atoms with Crippen LogP contribution in [0.15, 0.2) is 36.4 Å². The van der Waals surface area contributed by atoms with Gasteiger partial charge in [0.1, 0.15) is 0 Å². The summed E-state index contributed by atoms with van der Waals surface area (Å²) in [5, 5.41) is 0. The molecule has 2 rings (SSSR count). The van der Waals surface area contributed by atoms with Crippen LogP contribution in [0.1, 0.15) is 68.4 Å². The monoisotopic (exact) mass is 442 g/mol. The number of amides is 2. The van der Waals surface area contributed by atoms with Gasteiger partial charge in [-0.3, -0.25) is 20.4 Å². The summed E-state index contributed by atoms with van der Waals surface area (Å²) in [5.41, 5.74) is 7.56. The number of nitrogens with one attached hydrogen (secondary N) is 2. The first-order valence-corrected chi connectivity index (χ1v) is 11.1. The highest BCUT2D eigenvalue weighted by Gasteiger charge is 2.18. The summed E-state index contributed by atoms with van der Waals surface area (Å²) in [6.45, 7) is 11.1. The lowest BCUT2D eigenvalue weighted by Gasteiger charge is -2.17. The standard InChI is InChI=1S/C25H34N2O5/c1-6-30-21-15-20(16-22(31-7-2)24(21)32-8-3)25(29)27-26-23(28)14-11-18-9-12-19(13-10-18)17(4)5/h9-10,12-13,15-17H,6-8,11,14H2,1-5H3,(H,26,28)(H,27,29). The zero-order valence-corrected chi connectivity index (χ0v) is 19.6. The number of hydrazine groups is 1. The zero-order valence-electron chi connectivity index (χ0n) is 19.6. The molecule has 0 unspecified atom stereocenters. The third kappa shape index (κ3) is 7.18. The van der Waals surface area contributed by atoms with Crippen LogP contribution >= 0.6 is 0 Å². The molecule has 174 valence electrons. The van der Waals surface area contributed by atoms with Gasteiger partial charge in [0.2, 0.25) is 11.7 Å². The average Bonchev–Trinajstić information content (AvgIpc) is 2.78. The van der Waals surface area contributed by atoms with Crippen molar-refractivity contribution in [2.75, 3.05) is 19.8 Å². The average molecular weight is 443 g/mol. The number of rotatable bonds is 11. The molecular weight excluding hydrogens is 408 g/mol. The van der Waals surface area contributed by atoms with E-state index in [0.717, 1.165) is 5.56 Å². The quantitative estimate of drug-likeness (QED) is 0.504. The van der Waals surface area contributed by atoms with Gasteiger partial charge in [-0.15, -0.1) is 0 Å². The molecule has 0 radical (unpaired) electrons. The number of hydrogen-bond acceptors (Lipinski definition) is 5. The van der Waals surface area contributed by atoms with Crippen molar-refractivity contribution < 1.29 is 23.8 Å². The Hall–Kier alpha value is -3.22. The maximum Gasteiger partial charge on any atom is 0.269 e. The van der Waals surface area contributed by atoms with E-state index in [1.54, 1.807) is 12.1 Å². The molecule has 7 heteroatoms. The van der Waals surface area contributed by atoms with Crippen LogP contribution in [0.5, 0.6) is 17.2 Å². The Morgan fingerprint density at radius 1 is 0.844 bits per heavy atom. The predicted molar refractivity (Wildman–Crippen MR) is 124 cm³/mol. The van der Waals surface area contributed by atoms with Crippen molar-refractivity contribution >= 4 is 11.8 Å². The smallest absolute Gasteiger partial charge is 0.269 e. The third-order valence-electron chi connectivity index (χ3n) is 4.77. The van der Waals surface area contributed by atoms with Crippen molar-refractivity contribution in [3.63, 3.8) is 0 Å². The number of hydrogen-bond donors (Lipinski definition) is 2. The highest BCUT2D eigenvalue weighted by atomic mass is 16.5. The number of aryl methyl sites for hydroxylation is 1. The summed E-state index contributed by atoms with van der Waals surface area (Å²) in [4.78, 5) is 24.8. The van der Waals surface area contributed by atoms with Crippen LogP contribution in [0.25, 0.3) is 0 Å². The van der Waals surface area contributed by atoms with Crippen LogP contribution in [0.3, 0.4) is 0 Å². The Morgan fingerprint density at radius 3 is 1.91 bits per heavy atom. The molecule has 0 saturated carbocycles. The molecule has 0 heterocycles. The highest BCUT2D eigenvalue weighted by molar-refractivity contribution is 5.96. The van der Waals surface area contributed by atoms with Crippen molar-refractivity contribution in [3.05, 3.63) is 53.1 Å². The fraction of sp³-hybridized carbons (Fsp3) is 0.440. The largest absolute Gasteiger partial charge is 0.490 e. The minimum atomic E-state index is -0.468. The lowest BCUT2D eigenvalue weighted by atomic mass is 10.0. The lowest BCUT2D eigenvalue weighted by molar-refractivity contribution is -0.121. The molecule has 2 aromatic rings. The first-order valence-electron chi connectivity index (χ1n) is 11.1. The third-order valence-corrected chi connectivity index (χ3v) is 4.77. The molecule has 0 aliphatic heterocycles. The van der Waals surface area contributed by atoms with Crippen LogP contribution < -0.4 is 25.1 Å². The first-order chi connectivity index (χ1) is 15.4. The molecule has 7 nitrogen and oxygen atoms in total. The summed E-state index contributed by atoms with van der Waals surface area (Å²) in [6, 6.07) is 11.4. The Balaban J connectivity index is 1.99. The van der Waals surface area contributed by atoms with Gasteiger partial charge in [0.15, 0.2) is 11.5 Å². The molecule has 2 N–H and O–H groups in total. The van der Waals surface area contributed by atoms with Crippen molar-refractivity contribution in [1.82, 2.24) is 10.9 Å². The molecule has 2 amide bonds. The minimum absolute atomic E-state index is 0.263. The number of carbonyl (C=O) groups is 2. The summed E-state index contributed by atoms with van der Waals surface area (Å²) >= 11 is 0. The van der Waals surface area contributed by atoms with E-state index in [1.807, 2.05) is 32.9 Å². The molecule has 0 fully saturated rings. The van der Waals surface area contributed by atoms with Gasteiger partial charge in [-0.05, 0) is 56.4 Å². The second-order valence-corrected chi connectivity index (χ2v) is 7.50. The molecule has 32 heavy (non-hydrogen) atoms. The molecule has 0 aliphatic carbocycles. The summed E-state index contributed by atoms with van der Waals surface area (Å²) in [5.74, 6) is 1.03. The Bertz CT molecular complexity index is 867. The normalized spacial score (nSPS) is 10.6. The van der Waals surface area contributed by atoms with Crippen molar-refractivity contribution in [2.45, 2.75) is 53.4 Å². The van der Waals surface area contributed by atoms with Gasteiger partial charge in [0, 0.05) is 12.0 Å². The van der Waals surface area contributed by atoms with Gasteiger partial charge < -0.3 is 14.2 Å². The molecular formula is C25H34N2O5. The van der Waals surface area contributed by atoms with E-state index < -0.39 is 5.91 Å². The Morgan fingerprint density at radius 2 is 1.41 bits per heavy atom. The van der Waals surface area contributed by atoms with E-state index in [1.165, 1.54) is 5.56 Å². The molecule has 2 aromatic carbocycles. The van der Waals surface area contributed by atoms with Crippen molar-refractivity contribution in [2.24, 2.45) is 0 Å².